The van der Waals surface area contributed by atoms with Gasteiger partial charge >= 0.3 is 0 Å². The quantitative estimate of drug-likeness (QED) is 0.571. The van der Waals surface area contributed by atoms with Gasteiger partial charge in [0.25, 0.3) is 0 Å². The molecule has 0 unspecified atom stereocenters. The highest BCUT2D eigenvalue weighted by Gasteiger charge is 2.47. The molecule has 29 heavy (non-hydrogen) atoms. The summed E-state index contributed by atoms with van der Waals surface area (Å²) in [7, 11) is -0.665. The molecule has 0 aromatic heterocycles. The van der Waals surface area contributed by atoms with Gasteiger partial charge in [-0.05, 0) is 24.6 Å². The van der Waals surface area contributed by atoms with Crippen molar-refractivity contribution in [3.8, 4) is 5.75 Å². The molecule has 10 nitrogen and oxygen atoms in total. The standard InChI is InChI=1S/C18H26N4O6S/c1-18(12-22(29(4,26)27)11-16(24)21(18)2)17(25)20-10-15(23)19-9-13-6-5-7-14(8-13)28-3/h5-8H,9-12H2,1-4H3,(H,19,23)(H,20,25)/t18-/m0/s1. The topological polar surface area (TPSA) is 125 Å². The van der Waals surface area contributed by atoms with E-state index in [-0.39, 0.29) is 26.2 Å². The molecule has 1 saturated heterocycles. The van der Waals surface area contributed by atoms with Crippen LogP contribution >= 0.6 is 0 Å². The number of methoxy groups -OCH3 is 1. The van der Waals surface area contributed by atoms with E-state index in [1.807, 2.05) is 6.07 Å². The average molecular weight is 426 g/mol. The van der Waals surface area contributed by atoms with E-state index in [0.717, 1.165) is 16.1 Å². The number of carbonyl (C=O) groups excluding carboxylic acids is 3. The molecule has 1 aromatic carbocycles. The predicted octanol–water partition coefficient (Wildman–Crippen LogP) is -1.08. The van der Waals surface area contributed by atoms with E-state index in [9.17, 15) is 22.8 Å². The maximum absolute atomic E-state index is 12.7. The number of likely N-dealkylation sites (N-methyl/N-ethyl adjacent to an activating group) is 1. The number of amides is 3. The fraction of sp³-hybridized carbons (Fsp3) is 0.500. The van der Waals surface area contributed by atoms with Crippen molar-refractivity contribution in [3.63, 3.8) is 0 Å². The molecular formula is C18H26N4O6S. The van der Waals surface area contributed by atoms with Crippen LogP contribution in [0.3, 0.4) is 0 Å². The van der Waals surface area contributed by atoms with E-state index in [0.29, 0.717) is 5.75 Å². The Hall–Kier alpha value is -2.66. The summed E-state index contributed by atoms with van der Waals surface area (Å²) in [6.07, 6.45) is 0.982. The van der Waals surface area contributed by atoms with Gasteiger partial charge in [0.15, 0.2) is 0 Å². The summed E-state index contributed by atoms with van der Waals surface area (Å²) in [5.41, 5.74) is -0.594. The summed E-state index contributed by atoms with van der Waals surface area (Å²) < 4.78 is 29.7. The summed E-state index contributed by atoms with van der Waals surface area (Å²) in [4.78, 5) is 38.2. The summed E-state index contributed by atoms with van der Waals surface area (Å²) in [5.74, 6) is -0.868. The Morgan fingerprint density at radius 1 is 1.28 bits per heavy atom. The third-order valence-corrected chi connectivity index (χ3v) is 6.10. The number of benzene rings is 1. The molecule has 0 saturated carbocycles. The van der Waals surface area contributed by atoms with Gasteiger partial charge in [-0.1, -0.05) is 12.1 Å². The second-order valence-corrected chi connectivity index (χ2v) is 9.05. The SMILES string of the molecule is COc1cccc(CNC(=O)CNC(=O)[C@]2(C)CN(S(C)(=O)=O)CC(=O)N2C)c1. The molecule has 0 bridgehead atoms. The van der Waals surface area contributed by atoms with Crippen molar-refractivity contribution < 1.29 is 27.5 Å². The van der Waals surface area contributed by atoms with Crippen LogP contribution in [0.5, 0.6) is 5.75 Å². The number of hydrogen-bond donors (Lipinski definition) is 2. The zero-order valence-corrected chi connectivity index (χ0v) is 17.7. The first-order chi connectivity index (χ1) is 13.5. The van der Waals surface area contributed by atoms with Gasteiger partial charge in [-0.25, -0.2) is 8.42 Å². The highest BCUT2D eigenvalue weighted by molar-refractivity contribution is 7.88. The lowest BCUT2D eigenvalue weighted by Gasteiger charge is -2.44. The van der Waals surface area contributed by atoms with Gasteiger partial charge in [0.2, 0.25) is 27.7 Å². The molecular weight excluding hydrogens is 400 g/mol. The molecule has 1 heterocycles. The number of nitrogens with one attached hydrogen (secondary N) is 2. The fourth-order valence-electron chi connectivity index (χ4n) is 2.89. The van der Waals surface area contributed by atoms with Crippen LogP contribution in [0.25, 0.3) is 0 Å². The molecule has 11 heteroatoms. The van der Waals surface area contributed by atoms with Gasteiger partial charge in [0, 0.05) is 20.1 Å². The maximum Gasteiger partial charge on any atom is 0.247 e. The monoisotopic (exact) mass is 426 g/mol. The van der Waals surface area contributed by atoms with Gasteiger partial charge in [0.05, 0.1) is 26.5 Å². The molecule has 0 radical (unpaired) electrons. The molecule has 3 amide bonds. The summed E-state index contributed by atoms with van der Waals surface area (Å²) in [5, 5.41) is 5.16. The minimum Gasteiger partial charge on any atom is -0.497 e. The Bertz CT molecular complexity index is 903. The third-order valence-electron chi connectivity index (χ3n) is 4.90. The first-order valence-electron chi connectivity index (χ1n) is 8.87. The van der Waals surface area contributed by atoms with E-state index in [1.165, 1.54) is 18.9 Å². The maximum atomic E-state index is 12.7. The normalized spacial score (nSPS) is 20.3. The van der Waals surface area contributed by atoms with Crippen molar-refractivity contribution >= 4 is 27.7 Å². The molecule has 0 aliphatic carbocycles. The molecule has 1 aliphatic rings. The fourth-order valence-corrected chi connectivity index (χ4v) is 3.72. The van der Waals surface area contributed by atoms with Crippen molar-refractivity contribution in [2.45, 2.75) is 19.0 Å². The van der Waals surface area contributed by atoms with Crippen molar-refractivity contribution in [1.82, 2.24) is 19.8 Å². The first-order valence-corrected chi connectivity index (χ1v) is 10.7. The van der Waals surface area contributed by atoms with E-state index < -0.39 is 33.3 Å². The van der Waals surface area contributed by atoms with Crippen LogP contribution in [-0.2, 0) is 31.0 Å². The minimum atomic E-state index is -3.65. The molecule has 1 aromatic rings. The Balaban J connectivity index is 1.95. The van der Waals surface area contributed by atoms with Crippen LogP contribution in [0.1, 0.15) is 12.5 Å². The predicted molar refractivity (Wildman–Crippen MR) is 105 cm³/mol. The Kier molecular flexibility index (Phi) is 6.85. The van der Waals surface area contributed by atoms with Gasteiger partial charge in [-0.2, -0.15) is 4.31 Å². The van der Waals surface area contributed by atoms with Gasteiger partial charge in [-0.3, -0.25) is 14.4 Å². The second-order valence-electron chi connectivity index (χ2n) is 7.07. The lowest BCUT2D eigenvalue weighted by molar-refractivity contribution is -0.150. The zero-order valence-electron chi connectivity index (χ0n) is 16.9. The number of sulfonamides is 1. The molecule has 0 spiro atoms. The molecule has 160 valence electrons. The van der Waals surface area contributed by atoms with Gasteiger partial charge in [0.1, 0.15) is 11.3 Å². The number of hydrogen-bond acceptors (Lipinski definition) is 6. The van der Waals surface area contributed by atoms with Crippen molar-refractivity contribution in [2.75, 3.05) is 40.0 Å². The number of carbonyl (C=O) groups is 3. The number of ether oxygens (including phenoxy) is 1. The van der Waals surface area contributed by atoms with E-state index >= 15 is 0 Å². The zero-order chi connectivity index (χ0) is 21.8. The largest absolute Gasteiger partial charge is 0.497 e. The van der Waals surface area contributed by atoms with Gasteiger partial charge in [-0.15, -0.1) is 0 Å². The van der Waals surface area contributed by atoms with Crippen molar-refractivity contribution in [3.05, 3.63) is 29.8 Å². The van der Waals surface area contributed by atoms with E-state index in [2.05, 4.69) is 10.6 Å². The van der Waals surface area contributed by atoms with E-state index in [1.54, 1.807) is 25.3 Å². The lowest BCUT2D eigenvalue weighted by atomic mass is 9.96. The van der Waals surface area contributed by atoms with Crippen LogP contribution in [0.2, 0.25) is 0 Å². The van der Waals surface area contributed by atoms with Crippen LogP contribution in [0.4, 0.5) is 0 Å². The average Bonchev–Trinajstić information content (AvgIpc) is 2.67. The lowest BCUT2D eigenvalue weighted by Crippen LogP contribution is -2.68. The third kappa shape index (κ3) is 5.45. The minimum absolute atomic E-state index is 0.189. The van der Waals surface area contributed by atoms with E-state index in [4.69, 9.17) is 4.74 Å². The van der Waals surface area contributed by atoms with Crippen molar-refractivity contribution in [2.24, 2.45) is 0 Å². The highest BCUT2D eigenvalue weighted by Crippen LogP contribution is 2.22. The molecule has 1 atom stereocenters. The Morgan fingerprint density at radius 2 is 1.97 bits per heavy atom. The van der Waals surface area contributed by atoms with Crippen LogP contribution < -0.4 is 15.4 Å². The Morgan fingerprint density at radius 3 is 2.59 bits per heavy atom. The number of nitrogens with zero attached hydrogens (tertiary/aromatic N) is 2. The summed E-state index contributed by atoms with van der Waals surface area (Å²) in [6.45, 7) is 0.902. The highest BCUT2D eigenvalue weighted by atomic mass is 32.2. The summed E-state index contributed by atoms with van der Waals surface area (Å²) >= 11 is 0. The van der Waals surface area contributed by atoms with Crippen LogP contribution in [-0.4, -0.2) is 80.9 Å². The van der Waals surface area contributed by atoms with Crippen molar-refractivity contribution in [1.29, 1.82) is 0 Å². The second kappa shape index (κ2) is 8.78. The molecule has 1 aliphatic heterocycles. The number of rotatable bonds is 7. The molecule has 2 rings (SSSR count). The molecule has 1 fully saturated rings. The summed E-state index contributed by atoms with van der Waals surface area (Å²) in [6, 6.07) is 7.19. The van der Waals surface area contributed by atoms with Gasteiger partial charge < -0.3 is 20.3 Å². The molecule has 2 N–H and O–H groups in total. The van der Waals surface area contributed by atoms with Crippen LogP contribution in [0, 0.1) is 0 Å². The first kappa shape index (κ1) is 22.6. The number of piperazine rings is 1. The van der Waals surface area contributed by atoms with Crippen LogP contribution in [0.15, 0.2) is 24.3 Å². The Labute approximate surface area is 170 Å². The smallest absolute Gasteiger partial charge is 0.247 e.